The van der Waals surface area contributed by atoms with E-state index in [0.29, 0.717) is 0 Å². The van der Waals surface area contributed by atoms with Gasteiger partial charge in [-0.25, -0.2) is 0 Å². The van der Waals surface area contributed by atoms with Crippen LogP contribution in [-0.2, 0) is 4.79 Å². The Bertz CT molecular complexity index is 961. The molecule has 0 aliphatic carbocycles. The molecular formula is C20H15NO2S. The first-order valence-electron chi connectivity index (χ1n) is 7.61. The minimum absolute atomic E-state index is 0.0161. The van der Waals surface area contributed by atoms with Gasteiger partial charge in [-0.1, -0.05) is 30.3 Å². The number of hydrogen-bond acceptors (Lipinski definition) is 4. The zero-order valence-corrected chi connectivity index (χ0v) is 13.9. The monoisotopic (exact) mass is 333 g/mol. The van der Waals surface area contributed by atoms with E-state index in [0.717, 1.165) is 38.4 Å². The maximum Gasteiger partial charge on any atom is 0.219 e. The lowest BCUT2D eigenvalue weighted by molar-refractivity contribution is -0.107. The standard InChI is InChI=1S/C20H15NO2S/c1-23-15-9-6-14(7-10-15)17-12-19(22)24-18-11-8-13-4-2-3-5-16(13)20(18)21-17/h2-12,21H,1H3. The SMILES string of the molecule is COc1ccc(C2=CC(=O)Sc3ccc4ccccc4c3N2)cc1. The molecule has 1 aliphatic heterocycles. The molecule has 3 aromatic carbocycles. The molecule has 118 valence electrons. The summed E-state index contributed by atoms with van der Waals surface area (Å²) in [4.78, 5) is 13.3. The van der Waals surface area contributed by atoms with Crippen molar-refractivity contribution in [1.29, 1.82) is 0 Å². The van der Waals surface area contributed by atoms with Crippen molar-refractivity contribution in [3.63, 3.8) is 0 Å². The Balaban J connectivity index is 1.83. The summed E-state index contributed by atoms with van der Waals surface area (Å²) >= 11 is 1.25. The van der Waals surface area contributed by atoms with E-state index in [-0.39, 0.29) is 5.12 Å². The van der Waals surface area contributed by atoms with Crippen molar-refractivity contribution in [2.45, 2.75) is 4.90 Å². The van der Waals surface area contributed by atoms with Crippen LogP contribution in [0.5, 0.6) is 5.75 Å². The number of methoxy groups -OCH3 is 1. The smallest absolute Gasteiger partial charge is 0.219 e. The Hall–Kier alpha value is -2.72. The quantitative estimate of drug-likeness (QED) is 0.721. The van der Waals surface area contributed by atoms with Gasteiger partial charge in [-0.05, 0) is 53.0 Å². The summed E-state index contributed by atoms with van der Waals surface area (Å²) in [7, 11) is 1.64. The molecule has 4 rings (SSSR count). The van der Waals surface area contributed by atoms with E-state index in [1.165, 1.54) is 11.8 Å². The van der Waals surface area contributed by atoms with Crippen LogP contribution in [-0.4, -0.2) is 12.2 Å². The second kappa shape index (κ2) is 6.06. The van der Waals surface area contributed by atoms with Crippen molar-refractivity contribution in [2.24, 2.45) is 0 Å². The van der Waals surface area contributed by atoms with Crippen molar-refractivity contribution in [2.75, 3.05) is 12.4 Å². The van der Waals surface area contributed by atoms with Crippen LogP contribution in [0, 0.1) is 0 Å². The van der Waals surface area contributed by atoms with Crippen LogP contribution in [0.4, 0.5) is 5.69 Å². The van der Waals surface area contributed by atoms with E-state index in [2.05, 4.69) is 23.5 Å². The van der Waals surface area contributed by atoms with Gasteiger partial charge < -0.3 is 10.1 Å². The van der Waals surface area contributed by atoms with Crippen LogP contribution in [0.25, 0.3) is 16.5 Å². The largest absolute Gasteiger partial charge is 0.497 e. The molecule has 3 aromatic rings. The lowest BCUT2D eigenvalue weighted by Crippen LogP contribution is -2.00. The highest BCUT2D eigenvalue weighted by atomic mass is 32.2. The molecule has 4 heteroatoms. The van der Waals surface area contributed by atoms with Crippen molar-refractivity contribution in [3.8, 4) is 5.75 Å². The fourth-order valence-electron chi connectivity index (χ4n) is 2.82. The Kier molecular flexibility index (Phi) is 3.75. The van der Waals surface area contributed by atoms with Gasteiger partial charge in [0.25, 0.3) is 0 Å². The van der Waals surface area contributed by atoms with Crippen molar-refractivity contribution in [1.82, 2.24) is 0 Å². The summed E-state index contributed by atoms with van der Waals surface area (Å²) in [6.07, 6.45) is 1.65. The van der Waals surface area contributed by atoms with Crippen molar-refractivity contribution >= 4 is 39.0 Å². The normalized spacial score (nSPS) is 13.7. The predicted molar refractivity (Wildman–Crippen MR) is 99.4 cm³/mol. The molecule has 3 nitrogen and oxygen atoms in total. The minimum Gasteiger partial charge on any atom is -0.497 e. The van der Waals surface area contributed by atoms with Crippen LogP contribution in [0.3, 0.4) is 0 Å². The Morgan fingerprint density at radius 1 is 0.958 bits per heavy atom. The second-order valence-corrected chi connectivity index (χ2v) is 6.54. The third kappa shape index (κ3) is 2.65. The summed E-state index contributed by atoms with van der Waals surface area (Å²) in [6.45, 7) is 0. The maximum atomic E-state index is 12.3. The van der Waals surface area contributed by atoms with Crippen molar-refractivity contribution < 1.29 is 9.53 Å². The van der Waals surface area contributed by atoms with Gasteiger partial charge in [0, 0.05) is 16.4 Å². The summed E-state index contributed by atoms with van der Waals surface area (Å²) in [5, 5.41) is 5.74. The molecule has 0 unspecified atom stereocenters. The number of fused-ring (bicyclic) bond motifs is 3. The molecule has 0 spiro atoms. The molecule has 0 bridgehead atoms. The highest BCUT2D eigenvalue weighted by molar-refractivity contribution is 8.14. The number of hydrogen-bond donors (Lipinski definition) is 1. The topological polar surface area (TPSA) is 38.3 Å². The van der Waals surface area contributed by atoms with Crippen LogP contribution < -0.4 is 10.1 Å². The molecule has 24 heavy (non-hydrogen) atoms. The fourth-order valence-corrected chi connectivity index (χ4v) is 3.61. The Morgan fingerprint density at radius 3 is 2.54 bits per heavy atom. The second-order valence-electron chi connectivity index (χ2n) is 5.49. The van der Waals surface area contributed by atoms with E-state index in [9.17, 15) is 4.79 Å². The molecule has 1 aliphatic rings. The molecule has 0 amide bonds. The highest BCUT2D eigenvalue weighted by Crippen LogP contribution is 2.39. The van der Waals surface area contributed by atoms with E-state index < -0.39 is 0 Å². The summed E-state index contributed by atoms with van der Waals surface area (Å²) in [5.41, 5.74) is 2.72. The molecule has 0 atom stereocenters. The zero-order valence-electron chi connectivity index (χ0n) is 13.1. The van der Waals surface area contributed by atoms with Crippen molar-refractivity contribution in [3.05, 3.63) is 72.3 Å². The van der Waals surface area contributed by atoms with Crippen LogP contribution >= 0.6 is 11.8 Å². The summed E-state index contributed by atoms with van der Waals surface area (Å²) < 4.78 is 5.21. The molecule has 0 aromatic heterocycles. The predicted octanol–water partition coefficient (Wildman–Crippen LogP) is 4.93. The van der Waals surface area contributed by atoms with Crippen LogP contribution in [0.2, 0.25) is 0 Å². The van der Waals surface area contributed by atoms with Gasteiger partial charge >= 0.3 is 0 Å². The molecule has 0 saturated carbocycles. The van der Waals surface area contributed by atoms with E-state index in [1.807, 2.05) is 42.5 Å². The molecule has 1 heterocycles. The first-order chi connectivity index (χ1) is 11.7. The number of thioether (sulfide) groups is 1. The van der Waals surface area contributed by atoms with Crippen LogP contribution in [0.1, 0.15) is 5.56 Å². The van der Waals surface area contributed by atoms with E-state index in [1.54, 1.807) is 13.2 Å². The molecule has 0 radical (unpaired) electrons. The number of benzene rings is 3. The van der Waals surface area contributed by atoms with Gasteiger partial charge in [-0.15, -0.1) is 0 Å². The summed E-state index contributed by atoms with van der Waals surface area (Å²) in [5.74, 6) is 0.791. The van der Waals surface area contributed by atoms with Gasteiger partial charge in [-0.2, -0.15) is 0 Å². The first kappa shape index (κ1) is 14.8. The third-order valence-electron chi connectivity index (χ3n) is 4.02. The number of anilines is 1. The maximum absolute atomic E-state index is 12.3. The number of nitrogens with one attached hydrogen (secondary N) is 1. The summed E-state index contributed by atoms with van der Waals surface area (Å²) in [6, 6.07) is 19.9. The number of carbonyl (C=O) groups excluding carboxylic acids is 1. The van der Waals surface area contributed by atoms with E-state index in [4.69, 9.17) is 4.74 Å². The fraction of sp³-hybridized carbons (Fsp3) is 0.0500. The minimum atomic E-state index is 0.0161. The lowest BCUT2D eigenvalue weighted by atomic mass is 10.1. The Morgan fingerprint density at radius 2 is 1.75 bits per heavy atom. The van der Waals surface area contributed by atoms with Gasteiger partial charge in [0.05, 0.1) is 18.5 Å². The highest BCUT2D eigenvalue weighted by Gasteiger charge is 2.18. The molecule has 1 N–H and O–H groups in total. The molecular weight excluding hydrogens is 318 g/mol. The zero-order chi connectivity index (χ0) is 16.5. The average molecular weight is 333 g/mol. The van der Waals surface area contributed by atoms with Crippen LogP contribution in [0.15, 0.2) is 71.6 Å². The third-order valence-corrected chi connectivity index (χ3v) is 4.90. The lowest BCUT2D eigenvalue weighted by Gasteiger charge is -2.14. The van der Waals surface area contributed by atoms with E-state index >= 15 is 0 Å². The van der Waals surface area contributed by atoms with Gasteiger partial charge in [-0.3, -0.25) is 4.79 Å². The Labute approximate surface area is 144 Å². The van der Waals surface area contributed by atoms with Gasteiger partial charge in [0.2, 0.25) is 5.12 Å². The average Bonchev–Trinajstić information content (AvgIpc) is 2.80. The molecule has 0 saturated heterocycles. The number of ether oxygens (including phenoxy) is 1. The first-order valence-corrected chi connectivity index (χ1v) is 8.43. The number of carbonyl (C=O) groups is 1. The van der Waals surface area contributed by atoms with Gasteiger partial charge in [0.1, 0.15) is 5.75 Å². The number of rotatable bonds is 2. The molecule has 0 fully saturated rings. The van der Waals surface area contributed by atoms with Gasteiger partial charge in [0.15, 0.2) is 0 Å².